The van der Waals surface area contributed by atoms with E-state index in [2.05, 4.69) is 0 Å². The molecule has 0 saturated heterocycles. The van der Waals surface area contributed by atoms with Gasteiger partial charge in [0.05, 0.1) is 10.6 Å². The number of carbonyl (C=O) groups excluding carboxylic acids is 1. The van der Waals surface area contributed by atoms with Gasteiger partial charge in [0, 0.05) is 18.1 Å². The number of carbonyl (C=O) groups is 1. The van der Waals surface area contributed by atoms with E-state index in [0.717, 1.165) is 15.4 Å². The Balaban J connectivity index is 1.72. The zero-order valence-electron chi connectivity index (χ0n) is 19.9. The largest absolute Gasteiger partial charge is 0.332 e. The van der Waals surface area contributed by atoms with Crippen LogP contribution in [0.5, 0.6) is 0 Å². The van der Waals surface area contributed by atoms with Gasteiger partial charge in [0.1, 0.15) is 6.54 Å². The zero-order valence-corrected chi connectivity index (χ0v) is 21.5. The predicted molar refractivity (Wildman–Crippen MR) is 144 cm³/mol. The second-order valence-electron chi connectivity index (χ2n) is 8.43. The maximum absolute atomic E-state index is 13.8. The summed E-state index contributed by atoms with van der Waals surface area (Å²) in [6, 6.07) is 32.5. The van der Waals surface area contributed by atoms with E-state index in [-0.39, 0.29) is 17.3 Å². The van der Waals surface area contributed by atoms with Crippen molar-refractivity contribution in [2.24, 2.45) is 0 Å². The minimum atomic E-state index is -4.04. The normalized spacial score (nSPS) is 11.2. The number of nitrogens with zero attached hydrogens (tertiary/aromatic N) is 2. The standard InChI is InChI=1S/C29H27ClN2O3S/c1-23-27(30)18-11-19-28(23)32(36(34,35)26-16-9-4-10-17-26)22-29(33)31(20-24-12-5-2-6-13-24)21-25-14-7-3-8-15-25/h2-19H,20-22H2,1H3. The van der Waals surface area contributed by atoms with Gasteiger partial charge >= 0.3 is 0 Å². The molecule has 0 atom stereocenters. The van der Waals surface area contributed by atoms with Gasteiger partial charge in [0.25, 0.3) is 10.0 Å². The number of hydrogen-bond acceptors (Lipinski definition) is 3. The number of anilines is 1. The quantitative estimate of drug-likeness (QED) is 0.270. The number of benzene rings is 4. The fourth-order valence-corrected chi connectivity index (χ4v) is 5.61. The van der Waals surface area contributed by atoms with Crippen molar-refractivity contribution in [1.82, 2.24) is 4.90 Å². The maximum atomic E-state index is 13.8. The molecule has 0 fully saturated rings. The molecule has 36 heavy (non-hydrogen) atoms. The van der Waals surface area contributed by atoms with Crippen LogP contribution in [0.15, 0.2) is 114 Å². The molecule has 0 bridgehead atoms. The Bertz CT molecular complexity index is 1370. The fourth-order valence-electron chi connectivity index (χ4n) is 3.95. The van der Waals surface area contributed by atoms with Gasteiger partial charge in [-0.2, -0.15) is 0 Å². The summed E-state index contributed by atoms with van der Waals surface area (Å²) in [4.78, 5) is 15.6. The van der Waals surface area contributed by atoms with Gasteiger partial charge in [-0.1, -0.05) is 96.5 Å². The summed E-state index contributed by atoms with van der Waals surface area (Å²) in [5, 5.41) is 0.429. The number of halogens is 1. The van der Waals surface area contributed by atoms with Crippen molar-refractivity contribution in [2.45, 2.75) is 24.9 Å². The molecule has 0 aromatic heterocycles. The summed E-state index contributed by atoms with van der Waals surface area (Å²) >= 11 is 6.35. The first-order valence-corrected chi connectivity index (χ1v) is 13.4. The van der Waals surface area contributed by atoms with Crippen LogP contribution in [-0.2, 0) is 27.9 Å². The third-order valence-corrected chi connectivity index (χ3v) is 8.09. The monoisotopic (exact) mass is 518 g/mol. The average molecular weight is 519 g/mol. The third-order valence-electron chi connectivity index (χ3n) is 5.90. The highest BCUT2D eigenvalue weighted by molar-refractivity contribution is 7.92. The molecule has 4 aromatic rings. The zero-order chi connectivity index (χ0) is 25.5. The molecule has 5 nitrogen and oxygen atoms in total. The van der Waals surface area contributed by atoms with E-state index in [1.54, 1.807) is 48.2 Å². The van der Waals surface area contributed by atoms with Crippen LogP contribution in [0.1, 0.15) is 16.7 Å². The van der Waals surface area contributed by atoms with Crippen LogP contribution in [0.2, 0.25) is 5.02 Å². The fraction of sp³-hybridized carbons (Fsp3) is 0.138. The van der Waals surface area contributed by atoms with E-state index in [4.69, 9.17) is 11.6 Å². The van der Waals surface area contributed by atoms with Crippen molar-refractivity contribution in [3.63, 3.8) is 0 Å². The Morgan fingerprint density at radius 3 is 1.75 bits per heavy atom. The number of rotatable bonds is 9. The summed E-state index contributed by atoms with van der Waals surface area (Å²) in [6.07, 6.45) is 0. The summed E-state index contributed by atoms with van der Waals surface area (Å²) in [6.45, 7) is 2.09. The lowest BCUT2D eigenvalue weighted by Gasteiger charge is -2.30. The Kier molecular flexibility index (Phi) is 8.08. The first kappa shape index (κ1) is 25.5. The number of sulfonamides is 1. The lowest BCUT2D eigenvalue weighted by molar-refractivity contribution is -0.130. The van der Waals surface area contributed by atoms with Crippen LogP contribution in [-0.4, -0.2) is 25.8 Å². The van der Waals surface area contributed by atoms with E-state index >= 15 is 0 Å². The number of hydrogen-bond donors (Lipinski definition) is 0. The van der Waals surface area contributed by atoms with Crippen LogP contribution in [0, 0.1) is 6.92 Å². The van der Waals surface area contributed by atoms with Gasteiger partial charge in [-0.15, -0.1) is 0 Å². The Hall–Kier alpha value is -3.61. The second-order valence-corrected chi connectivity index (χ2v) is 10.7. The van der Waals surface area contributed by atoms with E-state index in [1.807, 2.05) is 60.7 Å². The summed E-state index contributed by atoms with van der Waals surface area (Å²) in [7, 11) is -4.04. The van der Waals surface area contributed by atoms with E-state index < -0.39 is 10.0 Å². The molecule has 4 aromatic carbocycles. The van der Waals surface area contributed by atoms with Crippen LogP contribution < -0.4 is 4.31 Å². The molecule has 1 amide bonds. The van der Waals surface area contributed by atoms with Crippen LogP contribution in [0.3, 0.4) is 0 Å². The van der Waals surface area contributed by atoms with Gasteiger partial charge in [-0.3, -0.25) is 9.10 Å². The summed E-state index contributed by atoms with van der Waals surface area (Å²) in [5.74, 6) is -0.318. The molecule has 4 rings (SSSR count). The van der Waals surface area contributed by atoms with Gasteiger partial charge in [0.2, 0.25) is 5.91 Å². The Labute approximate surface area is 217 Å². The van der Waals surface area contributed by atoms with Gasteiger partial charge < -0.3 is 4.90 Å². The van der Waals surface area contributed by atoms with Crippen molar-refractivity contribution in [1.29, 1.82) is 0 Å². The molecule has 0 N–H and O–H groups in total. The molecule has 184 valence electrons. The highest BCUT2D eigenvalue weighted by atomic mass is 35.5. The molecule has 0 aliphatic carbocycles. The van der Waals surface area contributed by atoms with E-state index in [9.17, 15) is 13.2 Å². The minimum absolute atomic E-state index is 0.106. The molecular weight excluding hydrogens is 492 g/mol. The van der Waals surface area contributed by atoms with Crippen molar-refractivity contribution in [2.75, 3.05) is 10.8 Å². The van der Waals surface area contributed by atoms with E-state index in [0.29, 0.717) is 29.4 Å². The van der Waals surface area contributed by atoms with Gasteiger partial charge in [-0.25, -0.2) is 8.42 Å². The minimum Gasteiger partial charge on any atom is -0.332 e. The van der Waals surface area contributed by atoms with E-state index in [1.165, 1.54) is 12.1 Å². The van der Waals surface area contributed by atoms with Crippen LogP contribution in [0.4, 0.5) is 5.69 Å². The number of amides is 1. The predicted octanol–water partition coefficient (Wildman–Crippen LogP) is 6.07. The lowest BCUT2D eigenvalue weighted by atomic mass is 10.1. The summed E-state index contributed by atoms with van der Waals surface area (Å²) < 4.78 is 28.7. The van der Waals surface area contributed by atoms with Crippen LogP contribution >= 0.6 is 11.6 Å². The van der Waals surface area contributed by atoms with Crippen molar-refractivity contribution >= 4 is 33.2 Å². The first-order valence-electron chi connectivity index (χ1n) is 11.5. The Morgan fingerprint density at radius 1 is 0.722 bits per heavy atom. The molecule has 0 heterocycles. The molecule has 0 aliphatic heterocycles. The topological polar surface area (TPSA) is 57.7 Å². The van der Waals surface area contributed by atoms with Gasteiger partial charge in [0.15, 0.2) is 0 Å². The second kappa shape index (κ2) is 11.4. The molecule has 0 aliphatic rings. The maximum Gasteiger partial charge on any atom is 0.264 e. The Morgan fingerprint density at radius 2 is 1.22 bits per heavy atom. The highest BCUT2D eigenvalue weighted by Gasteiger charge is 2.30. The van der Waals surface area contributed by atoms with Crippen molar-refractivity contribution < 1.29 is 13.2 Å². The first-order chi connectivity index (χ1) is 17.4. The van der Waals surface area contributed by atoms with Gasteiger partial charge in [-0.05, 0) is 47.9 Å². The highest BCUT2D eigenvalue weighted by Crippen LogP contribution is 2.31. The molecule has 7 heteroatoms. The van der Waals surface area contributed by atoms with Crippen LogP contribution in [0.25, 0.3) is 0 Å². The SMILES string of the molecule is Cc1c(Cl)cccc1N(CC(=O)N(Cc1ccccc1)Cc1ccccc1)S(=O)(=O)c1ccccc1. The molecular formula is C29H27ClN2O3S. The lowest BCUT2D eigenvalue weighted by Crippen LogP contribution is -2.43. The van der Waals surface area contributed by atoms with Crippen molar-refractivity contribution in [3.05, 3.63) is 131 Å². The molecule has 0 saturated carbocycles. The summed E-state index contributed by atoms with van der Waals surface area (Å²) in [5.41, 5.74) is 2.87. The molecule has 0 radical (unpaired) electrons. The molecule has 0 unspecified atom stereocenters. The van der Waals surface area contributed by atoms with Crippen molar-refractivity contribution in [3.8, 4) is 0 Å². The average Bonchev–Trinajstić information content (AvgIpc) is 2.90. The smallest absolute Gasteiger partial charge is 0.264 e. The molecule has 0 spiro atoms. The third kappa shape index (κ3) is 5.96.